The standard InChI is InChI=1S/C24H25NO7/c1-6-21(28)32-23-20(30-4)11-14-7-9-17(25-13(2)26)16-12-18(27)19(29-3)10-8-15(16)22(14)24(23)31-5/h6,8,10-12,17H,1,7,9H2,2-5H3,(H,25,26)/t17-/m0/s1. The third kappa shape index (κ3) is 4.30. The predicted molar refractivity (Wildman–Crippen MR) is 119 cm³/mol. The molecular formula is C24H25NO7. The van der Waals surface area contributed by atoms with E-state index in [2.05, 4.69) is 11.9 Å². The van der Waals surface area contributed by atoms with Crippen molar-refractivity contribution in [1.29, 1.82) is 0 Å². The zero-order valence-corrected chi connectivity index (χ0v) is 18.4. The van der Waals surface area contributed by atoms with Crippen LogP contribution < -0.4 is 29.7 Å². The first-order chi connectivity index (χ1) is 15.3. The minimum absolute atomic E-state index is 0.100. The van der Waals surface area contributed by atoms with Gasteiger partial charge in [-0.2, -0.15) is 0 Å². The van der Waals surface area contributed by atoms with E-state index in [1.165, 1.54) is 34.3 Å². The number of hydrogen-bond donors (Lipinski definition) is 1. The van der Waals surface area contributed by atoms with Gasteiger partial charge in [-0.3, -0.25) is 9.59 Å². The Morgan fingerprint density at radius 3 is 2.38 bits per heavy atom. The van der Waals surface area contributed by atoms with E-state index in [4.69, 9.17) is 18.9 Å². The molecule has 0 spiro atoms. The number of carbonyl (C=O) groups is 2. The van der Waals surface area contributed by atoms with Crippen LogP contribution in [-0.2, 0) is 16.0 Å². The maximum atomic E-state index is 12.7. The van der Waals surface area contributed by atoms with Crippen molar-refractivity contribution in [2.24, 2.45) is 0 Å². The molecule has 0 aromatic heterocycles. The van der Waals surface area contributed by atoms with Crippen molar-refractivity contribution in [2.45, 2.75) is 25.8 Å². The van der Waals surface area contributed by atoms with E-state index >= 15 is 0 Å². The molecule has 168 valence electrons. The quantitative estimate of drug-likeness (QED) is 0.420. The Morgan fingerprint density at radius 2 is 1.78 bits per heavy atom. The highest BCUT2D eigenvalue weighted by Crippen LogP contribution is 2.50. The van der Waals surface area contributed by atoms with Crippen LogP contribution in [0.5, 0.6) is 23.0 Å². The fourth-order valence-corrected chi connectivity index (χ4v) is 3.91. The summed E-state index contributed by atoms with van der Waals surface area (Å²) in [6.45, 7) is 4.86. The van der Waals surface area contributed by atoms with Gasteiger partial charge in [0.1, 0.15) is 0 Å². The number of methoxy groups -OCH3 is 3. The molecule has 8 nitrogen and oxygen atoms in total. The third-order valence-corrected chi connectivity index (χ3v) is 5.26. The van der Waals surface area contributed by atoms with Crippen molar-refractivity contribution < 1.29 is 28.5 Å². The van der Waals surface area contributed by atoms with Crippen LogP contribution in [0, 0.1) is 0 Å². The number of carbonyl (C=O) groups excluding carboxylic acids is 2. The summed E-state index contributed by atoms with van der Waals surface area (Å²) in [5.74, 6) is -0.0402. The lowest BCUT2D eigenvalue weighted by Crippen LogP contribution is -2.26. The third-order valence-electron chi connectivity index (χ3n) is 5.26. The lowest BCUT2D eigenvalue weighted by molar-refractivity contribution is -0.129. The van der Waals surface area contributed by atoms with Crippen LogP contribution in [0.1, 0.15) is 30.5 Å². The van der Waals surface area contributed by atoms with Crippen LogP contribution in [0.2, 0.25) is 0 Å². The minimum Gasteiger partial charge on any atom is -0.493 e. The summed E-state index contributed by atoms with van der Waals surface area (Å²) in [5.41, 5.74) is 2.42. The molecule has 8 heteroatoms. The molecule has 3 rings (SSSR count). The van der Waals surface area contributed by atoms with Crippen molar-refractivity contribution in [3.8, 4) is 34.1 Å². The molecule has 0 fully saturated rings. The molecule has 0 heterocycles. The number of hydrogen-bond acceptors (Lipinski definition) is 7. The molecule has 0 aliphatic heterocycles. The molecule has 0 unspecified atom stereocenters. The zero-order chi connectivity index (χ0) is 23.4. The van der Waals surface area contributed by atoms with Crippen molar-refractivity contribution >= 4 is 11.9 Å². The Bertz CT molecular complexity index is 1140. The number of benzene rings is 1. The first-order valence-electron chi connectivity index (χ1n) is 9.96. The Balaban J connectivity index is 2.41. The number of ether oxygens (including phenoxy) is 4. The lowest BCUT2D eigenvalue weighted by Gasteiger charge is -2.19. The van der Waals surface area contributed by atoms with Crippen LogP contribution in [-0.4, -0.2) is 33.2 Å². The Hall–Kier alpha value is -3.81. The highest BCUT2D eigenvalue weighted by atomic mass is 16.6. The van der Waals surface area contributed by atoms with E-state index in [1.54, 1.807) is 18.2 Å². The van der Waals surface area contributed by atoms with Crippen molar-refractivity contribution in [2.75, 3.05) is 21.3 Å². The monoisotopic (exact) mass is 439 g/mol. The molecule has 0 saturated heterocycles. The molecule has 1 N–H and O–H groups in total. The molecule has 1 atom stereocenters. The molecule has 32 heavy (non-hydrogen) atoms. The second-order valence-electron chi connectivity index (χ2n) is 7.17. The summed E-state index contributed by atoms with van der Waals surface area (Å²) in [7, 11) is 4.34. The largest absolute Gasteiger partial charge is 0.493 e. The molecule has 1 aliphatic carbocycles. The highest BCUT2D eigenvalue weighted by Gasteiger charge is 2.30. The number of fused-ring (bicyclic) bond motifs is 3. The normalized spacial score (nSPS) is 14.2. The van der Waals surface area contributed by atoms with Gasteiger partial charge >= 0.3 is 5.97 Å². The van der Waals surface area contributed by atoms with Crippen molar-refractivity contribution in [3.63, 3.8) is 0 Å². The summed E-state index contributed by atoms with van der Waals surface area (Å²) in [5, 5.41) is 2.92. The predicted octanol–water partition coefficient (Wildman–Crippen LogP) is 2.95. The van der Waals surface area contributed by atoms with E-state index in [0.717, 1.165) is 11.6 Å². The van der Waals surface area contributed by atoms with Gasteiger partial charge in [-0.1, -0.05) is 12.6 Å². The van der Waals surface area contributed by atoms with E-state index < -0.39 is 12.0 Å². The first-order valence-corrected chi connectivity index (χ1v) is 9.96. The van der Waals surface area contributed by atoms with Gasteiger partial charge in [0.15, 0.2) is 17.2 Å². The number of amides is 1. The topological polar surface area (TPSA) is 100 Å². The number of aryl methyl sites for hydroxylation is 1. The lowest BCUT2D eigenvalue weighted by atomic mass is 9.95. The van der Waals surface area contributed by atoms with Crippen LogP contribution in [0.15, 0.2) is 41.7 Å². The molecule has 0 saturated carbocycles. The highest BCUT2D eigenvalue weighted by molar-refractivity contribution is 5.88. The molecule has 0 radical (unpaired) electrons. The number of nitrogens with one attached hydrogen (secondary N) is 1. The second-order valence-corrected chi connectivity index (χ2v) is 7.17. The summed E-state index contributed by atoms with van der Waals surface area (Å²) < 4.78 is 21.8. The molecular weight excluding hydrogens is 414 g/mol. The average molecular weight is 439 g/mol. The van der Waals surface area contributed by atoms with Crippen LogP contribution in [0.3, 0.4) is 0 Å². The van der Waals surface area contributed by atoms with E-state index in [0.29, 0.717) is 35.3 Å². The van der Waals surface area contributed by atoms with Crippen LogP contribution >= 0.6 is 0 Å². The first kappa shape index (κ1) is 22.9. The fraction of sp³-hybridized carbons (Fsp3) is 0.292. The van der Waals surface area contributed by atoms with Crippen molar-refractivity contribution in [3.05, 3.63) is 58.3 Å². The van der Waals surface area contributed by atoms with Gasteiger partial charge < -0.3 is 24.3 Å². The zero-order valence-electron chi connectivity index (χ0n) is 18.4. The van der Waals surface area contributed by atoms with Gasteiger partial charge in [0.2, 0.25) is 17.1 Å². The van der Waals surface area contributed by atoms with E-state index in [9.17, 15) is 14.4 Å². The van der Waals surface area contributed by atoms with Crippen LogP contribution in [0.25, 0.3) is 11.1 Å². The summed E-state index contributed by atoms with van der Waals surface area (Å²) in [4.78, 5) is 36.6. The number of esters is 1. The van der Waals surface area contributed by atoms with Gasteiger partial charge in [-0.05, 0) is 47.7 Å². The molecule has 0 bridgehead atoms. The van der Waals surface area contributed by atoms with Gasteiger partial charge in [0, 0.05) is 18.6 Å². The van der Waals surface area contributed by atoms with Gasteiger partial charge in [0.25, 0.3) is 0 Å². The fourth-order valence-electron chi connectivity index (χ4n) is 3.91. The van der Waals surface area contributed by atoms with Gasteiger partial charge in [0.05, 0.1) is 27.4 Å². The average Bonchev–Trinajstić information content (AvgIpc) is 3.01. The Labute approximate surface area is 185 Å². The molecule has 1 aliphatic rings. The number of rotatable bonds is 6. The van der Waals surface area contributed by atoms with Crippen molar-refractivity contribution in [1.82, 2.24) is 5.32 Å². The summed E-state index contributed by atoms with van der Waals surface area (Å²) in [6, 6.07) is 6.12. The summed E-state index contributed by atoms with van der Waals surface area (Å²) >= 11 is 0. The van der Waals surface area contributed by atoms with E-state index in [-0.39, 0.29) is 28.6 Å². The Morgan fingerprint density at radius 1 is 1.06 bits per heavy atom. The maximum Gasteiger partial charge on any atom is 0.335 e. The van der Waals surface area contributed by atoms with E-state index in [1.807, 2.05) is 0 Å². The van der Waals surface area contributed by atoms with Crippen LogP contribution in [0.4, 0.5) is 0 Å². The molecule has 1 amide bonds. The SMILES string of the molecule is C=CC(=O)Oc1c(OC)cc2c(c1OC)-c1ccc(OC)c(=O)cc1[C@@H](NC(C)=O)CC2. The minimum atomic E-state index is -0.673. The van der Waals surface area contributed by atoms with Gasteiger partial charge in [-0.15, -0.1) is 0 Å². The molecule has 2 aromatic carbocycles. The second kappa shape index (κ2) is 9.55. The smallest absolute Gasteiger partial charge is 0.335 e. The molecule has 2 aromatic rings. The maximum absolute atomic E-state index is 12.7. The Kier molecular flexibility index (Phi) is 6.82. The van der Waals surface area contributed by atoms with Gasteiger partial charge in [-0.25, -0.2) is 4.79 Å². The summed E-state index contributed by atoms with van der Waals surface area (Å²) in [6.07, 6.45) is 2.12.